The van der Waals surface area contributed by atoms with Gasteiger partial charge in [-0.15, -0.1) is 0 Å². The highest BCUT2D eigenvalue weighted by atomic mass is 35.5. The minimum absolute atomic E-state index is 0. The average molecular weight is 475 g/mol. The molecule has 4 aromatic rings. The molecule has 0 saturated heterocycles. The van der Waals surface area contributed by atoms with Crippen molar-refractivity contribution in [2.24, 2.45) is 5.10 Å². The monoisotopic (exact) mass is 474 g/mol. The quantitative estimate of drug-likeness (QED) is 0.265. The third-order valence-electron chi connectivity index (χ3n) is 6.94. The Hall–Kier alpha value is -3.15. The predicted octanol–water partition coefficient (Wildman–Crippen LogP) is 2.31. The lowest BCUT2D eigenvalue weighted by molar-refractivity contribution is -0.400. The molecule has 2 heterocycles. The summed E-state index contributed by atoms with van der Waals surface area (Å²) in [7, 11) is 2.09. The smallest absolute Gasteiger partial charge is 0.212 e. The van der Waals surface area contributed by atoms with Crippen molar-refractivity contribution in [3.8, 4) is 0 Å². The molecule has 0 saturated carbocycles. The van der Waals surface area contributed by atoms with Crippen LogP contribution in [0.5, 0.6) is 0 Å². The maximum atomic E-state index is 9.78. The van der Waals surface area contributed by atoms with E-state index in [1.165, 1.54) is 33.1 Å². The van der Waals surface area contributed by atoms with Crippen LogP contribution in [0.4, 0.5) is 11.4 Å². The van der Waals surface area contributed by atoms with E-state index in [9.17, 15) is 5.11 Å². The highest BCUT2D eigenvalue weighted by Crippen LogP contribution is 2.38. The fourth-order valence-corrected chi connectivity index (χ4v) is 5.25. The zero-order valence-corrected chi connectivity index (χ0v) is 20.9. The van der Waals surface area contributed by atoms with Crippen LogP contribution in [0.1, 0.15) is 26.3 Å². The lowest BCUT2D eigenvalue weighted by atomic mass is 9.82. The number of fused-ring (bicyclic) bond motifs is 4. The number of para-hydroxylation sites is 2. The Morgan fingerprint density at radius 3 is 2.44 bits per heavy atom. The number of hydrogen-bond donors (Lipinski definition) is 1. The molecule has 1 aromatic heterocycles. The molecule has 3 aromatic carbocycles. The number of aryl methyl sites for hydroxylation is 1. The molecule has 6 heteroatoms. The number of hydrogen-bond acceptors (Lipinski definition) is 3. The summed E-state index contributed by atoms with van der Waals surface area (Å²) < 4.78 is 4.56. The van der Waals surface area contributed by atoms with E-state index in [1.807, 2.05) is 11.2 Å². The number of aromatic nitrogens is 1. The number of anilines is 1. The van der Waals surface area contributed by atoms with Crippen molar-refractivity contribution in [2.75, 3.05) is 25.2 Å². The van der Waals surface area contributed by atoms with E-state index in [2.05, 4.69) is 104 Å². The molecule has 1 aliphatic rings. The molecule has 5 nitrogen and oxygen atoms in total. The fraction of sp³-hybridized carbons (Fsp3) is 0.286. The van der Waals surface area contributed by atoms with Gasteiger partial charge in [-0.3, -0.25) is 5.01 Å². The maximum Gasteiger partial charge on any atom is 0.212 e. The van der Waals surface area contributed by atoms with Crippen LogP contribution in [0.3, 0.4) is 0 Å². The Morgan fingerprint density at radius 1 is 1.00 bits per heavy atom. The molecule has 176 valence electrons. The van der Waals surface area contributed by atoms with Crippen molar-refractivity contribution in [3.05, 3.63) is 72.3 Å². The van der Waals surface area contributed by atoms with Crippen molar-refractivity contribution in [2.45, 2.75) is 32.7 Å². The predicted molar refractivity (Wildman–Crippen MR) is 138 cm³/mol. The van der Waals surface area contributed by atoms with Gasteiger partial charge in [0.2, 0.25) is 11.4 Å². The van der Waals surface area contributed by atoms with Gasteiger partial charge in [0.25, 0.3) is 0 Å². The molecule has 1 aliphatic heterocycles. The number of nitrogens with zero attached hydrogens (tertiary/aromatic N) is 4. The van der Waals surface area contributed by atoms with Gasteiger partial charge < -0.3 is 22.1 Å². The molecule has 0 spiro atoms. The molecule has 0 radical (unpaired) electrons. The van der Waals surface area contributed by atoms with Gasteiger partial charge in [0.1, 0.15) is 13.3 Å². The minimum atomic E-state index is -0.141. The van der Waals surface area contributed by atoms with Gasteiger partial charge in [0.15, 0.2) is 0 Å². The Bertz CT molecular complexity index is 1420. The summed E-state index contributed by atoms with van der Waals surface area (Å²) in [6.07, 6.45) is 1.95. The number of hydrazone groups is 1. The summed E-state index contributed by atoms with van der Waals surface area (Å²) in [6, 6.07) is 23.5. The molecule has 0 unspecified atom stereocenters. The molecule has 5 rings (SSSR count). The van der Waals surface area contributed by atoms with Crippen LogP contribution >= 0.6 is 0 Å². The Balaban J connectivity index is 0.00000274. The molecule has 0 atom stereocenters. The van der Waals surface area contributed by atoms with E-state index < -0.39 is 0 Å². The number of aliphatic hydroxyl groups is 1. The molecule has 34 heavy (non-hydrogen) atoms. The molecule has 0 aliphatic carbocycles. The Morgan fingerprint density at radius 2 is 1.71 bits per heavy atom. The van der Waals surface area contributed by atoms with Gasteiger partial charge >= 0.3 is 0 Å². The minimum Gasteiger partial charge on any atom is -1.00 e. The van der Waals surface area contributed by atoms with Crippen molar-refractivity contribution < 1.29 is 22.1 Å². The number of aliphatic hydroxyl groups excluding tert-OH is 1. The molecule has 0 bridgehead atoms. The van der Waals surface area contributed by atoms with Gasteiger partial charge in [0, 0.05) is 40.0 Å². The lowest BCUT2D eigenvalue weighted by Gasteiger charge is -2.19. The Kier molecular flexibility index (Phi) is 6.52. The van der Waals surface area contributed by atoms with Crippen molar-refractivity contribution in [1.29, 1.82) is 0 Å². The van der Waals surface area contributed by atoms with E-state index in [-0.39, 0.29) is 24.4 Å². The summed E-state index contributed by atoms with van der Waals surface area (Å²) in [5.41, 5.74) is 6.95. The number of benzene rings is 3. The highest BCUT2D eigenvalue weighted by molar-refractivity contribution is 6.33. The first-order valence-corrected chi connectivity index (χ1v) is 11.6. The zero-order chi connectivity index (χ0) is 23.2. The van der Waals surface area contributed by atoms with Gasteiger partial charge in [-0.1, -0.05) is 36.4 Å². The second-order valence-electron chi connectivity index (χ2n) is 9.14. The summed E-state index contributed by atoms with van der Waals surface area (Å²) >= 11 is 0. The number of rotatable bonds is 6. The van der Waals surface area contributed by atoms with E-state index in [1.54, 1.807) is 0 Å². The van der Waals surface area contributed by atoms with Crippen LogP contribution in [0.15, 0.2) is 71.8 Å². The summed E-state index contributed by atoms with van der Waals surface area (Å²) in [5.74, 6) is 0. The summed E-state index contributed by atoms with van der Waals surface area (Å²) in [4.78, 5) is 0. The fourth-order valence-electron chi connectivity index (χ4n) is 5.25. The molecular formula is C28H31ClN4O. The van der Waals surface area contributed by atoms with Crippen LogP contribution in [-0.4, -0.2) is 46.4 Å². The van der Waals surface area contributed by atoms with Gasteiger partial charge in [-0.25, -0.2) is 0 Å². The van der Waals surface area contributed by atoms with E-state index >= 15 is 0 Å². The van der Waals surface area contributed by atoms with Crippen molar-refractivity contribution >= 4 is 45.1 Å². The van der Waals surface area contributed by atoms with Gasteiger partial charge in [0.05, 0.1) is 24.3 Å². The largest absolute Gasteiger partial charge is 1.00 e. The summed E-state index contributed by atoms with van der Waals surface area (Å²) in [6.45, 7) is 8.02. The standard InChI is InChI=1S/C28H31N4O.ClH/c1-5-31-24-12-8-6-10-21(24)22-18-20(14-15-25(22)31)32(16-17-33)29-19-27-28(2,3)23-11-7-9-13-26(23)30(27)4;/h6-15,18-19,33H,5,16-17H2,1-4H3;1H/q+1;/p-1. The Labute approximate surface area is 207 Å². The first-order chi connectivity index (χ1) is 16.0. The van der Waals surface area contributed by atoms with Crippen LogP contribution in [-0.2, 0) is 12.0 Å². The topological polar surface area (TPSA) is 43.8 Å². The van der Waals surface area contributed by atoms with Crippen LogP contribution in [0.25, 0.3) is 21.8 Å². The molecular weight excluding hydrogens is 444 g/mol. The first kappa shape index (κ1) is 24.0. The normalized spacial score (nSPS) is 14.7. The van der Waals surface area contributed by atoms with E-state index in [0.29, 0.717) is 6.54 Å². The molecule has 0 amide bonds. The van der Waals surface area contributed by atoms with Crippen LogP contribution in [0.2, 0.25) is 0 Å². The molecule has 0 fully saturated rings. The second kappa shape index (κ2) is 9.24. The van der Waals surface area contributed by atoms with Crippen LogP contribution in [0, 0.1) is 0 Å². The number of halogens is 1. The first-order valence-electron chi connectivity index (χ1n) is 11.6. The average Bonchev–Trinajstić information content (AvgIpc) is 3.25. The highest BCUT2D eigenvalue weighted by Gasteiger charge is 2.43. The zero-order valence-electron chi connectivity index (χ0n) is 20.2. The van der Waals surface area contributed by atoms with Gasteiger partial charge in [-0.2, -0.15) is 9.68 Å². The van der Waals surface area contributed by atoms with Crippen molar-refractivity contribution in [3.63, 3.8) is 0 Å². The van der Waals surface area contributed by atoms with E-state index in [0.717, 1.165) is 17.9 Å². The van der Waals surface area contributed by atoms with Crippen LogP contribution < -0.4 is 17.4 Å². The molecule has 1 N–H and O–H groups in total. The van der Waals surface area contributed by atoms with E-state index in [4.69, 9.17) is 5.10 Å². The second-order valence-corrected chi connectivity index (χ2v) is 9.14. The third-order valence-corrected chi connectivity index (χ3v) is 6.94. The lowest BCUT2D eigenvalue weighted by Crippen LogP contribution is -3.00. The van der Waals surface area contributed by atoms with Gasteiger partial charge in [-0.05, 0) is 45.0 Å². The SMILES string of the molecule is CCn1c2ccccc2c2cc(N(CCO)N=CC3=[N+](C)c4ccccc4C3(C)C)ccc21.[Cl-]. The third kappa shape index (κ3) is 3.69. The van der Waals surface area contributed by atoms with Crippen molar-refractivity contribution in [1.82, 2.24) is 4.57 Å². The maximum absolute atomic E-state index is 9.78. The summed E-state index contributed by atoms with van der Waals surface area (Å²) in [5, 5.41) is 19.0.